The van der Waals surface area contributed by atoms with Crippen molar-refractivity contribution in [3.8, 4) is 0 Å². The van der Waals surface area contributed by atoms with Crippen LogP contribution in [0, 0.1) is 6.08 Å². The van der Waals surface area contributed by atoms with Crippen molar-refractivity contribution < 1.29 is 21.7 Å². The third-order valence-corrected chi connectivity index (χ3v) is 1.53. The van der Waals surface area contributed by atoms with Crippen LogP contribution in [-0.2, 0) is 21.7 Å². The van der Waals surface area contributed by atoms with Crippen LogP contribution in [0.15, 0.2) is 16.1 Å². The molecule has 1 rings (SSSR count). The van der Waals surface area contributed by atoms with E-state index in [9.17, 15) is 0 Å². The van der Waals surface area contributed by atoms with Crippen LogP contribution in [0.3, 0.4) is 0 Å². The first-order valence-electron chi connectivity index (χ1n) is 1.93. The third-order valence-electron chi connectivity index (χ3n) is 0.748. The predicted octanol–water partition coefficient (Wildman–Crippen LogP) is 2.44. The monoisotopic (exact) mass is 181 g/mol. The predicted molar refractivity (Wildman–Crippen MR) is 31.2 cm³/mol. The first kappa shape index (κ1) is 8.77. The van der Waals surface area contributed by atoms with Gasteiger partial charge in [0.15, 0.2) is 0 Å². The van der Waals surface area contributed by atoms with E-state index in [0.29, 0.717) is 10.1 Å². The normalized spacial score (nSPS) is 16.8. The summed E-state index contributed by atoms with van der Waals surface area (Å²) in [7, 11) is 0. The zero-order valence-corrected chi connectivity index (χ0v) is 7.11. The minimum atomic E-state index is 0. The number of halogens is 2. The number of hydrogen-bond donors (Lipinski definition) is 0. The van der Waals surface area contributed by atoms with Crippen LogP contribution in [-0.4, -0.2) is 0 Å². The third kappa shape index (κ3) is 1.95. The van der Waals surface area contributed by atoms with Crippen molar-refractivity contribution >= 4 is 23.2 Å². The number of hydrogen-bond acceptors (Lipinski definition) is 0. The summed E-state index contributed by atoms with van der Waals surface area (Å²) in [5.74, 6) is 0. The Morgan fingerprint density at radius 2 is 2.12 bits per heavy atom. The van der Waals surface area contributed by atoms with Gasteiger partial charge < -0.3 is 0 Å². The molecule has 0 spiro atoms. The maximum Gasteiger partial charge on any atom is 0 e. The standard InChI is InChI=1S/C5H3Cl2.Ti/c6-4-2-1-3-5(4)7;/h2H,1H2;/q-1;. The molecule has 0 fully saturated rings. The zero-order valence-electron chi connectivity index (χ0n) is 4.04. The molecule has 0 bridgehead atoms. The quantitative estimate of drug-likeness (QED) is 0.398. The maximum atomic E-state index is 5.49. The molecule has 0 atom stereocenters. The fraction of sp³-hybridized carbons (Fsp3) is 0.200. The van der Waals surface area contributed by atoms with E-state index in [2.05, 4.69) is 6.08 Å². The Balaban J connectivity index is 0.000000490. The van der Waals surface area contributed by atoms with Crippen molar-refractivity contribution in [2.45, 2.75) is 6.42 Å². The van der Waals surface area contributed by atoms with Gasteiger partial charge in [-0.25, -0.2) is 11.6 Å². The van der Waals surface area contributed by atoms with Gasteiger partial charge in [0.2, 0.25) is 0 Å². The Morgan fingerprint density at radius 3 is 2.25 bits per heavy atom. The summed E-state index contributed by atoms with van der Waals surface area (Å²) in [6.07, 6.45) is 5.41. The number of rotatable bonds is 0. The summed E-state index contributed by atoms with van der Waals surface area (Å²) in [5, 5.41) is 1.18. The molecule has 0 N–H and O–H groups in total. The summed E-state index contributed by atoms with van der Waals surface area (Å²) in [6, 6.07) is 0. The first-order chi connectivity index (χ1) is 3.30. The molecule has 0 saturated heterocycles. The molecule has 0 unspecified atom stereocenters. The van der Waals surface area contributed by atoms with Crippen molar-refractivity contribution in [1.82, 2.24) is 0 Å². The molecule has 8 heavy (non-hydrogen) atoms. The van der Waals surface area contributed by atoms with Gasteiger partial charge in [-0.3, -0.25) is 6.08 Å². The van der Waals surface area contributed by atoms with Crippen molar-refractivity contribution in [3.63, 3.8) is 0 Å². The van der Waals surface area contributed by atoms with Crippen LogP contribution >= 0.6 is 23.2 Å². The molecule has 3 heteroatoms. The second-order valence-electron chi connectivity index (χ2n) is 1.25. The number of allylic oxidation sites excluding steroid dienone is 4. The molecule has 1 aliphatic rings. The molecule has 0 aliphatic heterocycles. The van der Waals surface area contributed by atoms with E-state index in [1.54, 1.807) is 0 Å². The Kier molecular flexibility index (Phi) is 4.10. The SMILES string of the molecule is ClC1=[C-]CC=C1Cl.[Ti]. The average molecular weight is 182 g/mol. The molecule has 0 heterocycles. The van der Waals surface area contributed by atoms with Gasteiger partial charge in [0.25, 0.3) is 0 Å². The second-order valence-corrected chi connectivity index (χ2v) is 2.03. The molecule has 1 aliphatic carbocycles. The molecule has 0 amide bonds. The molecular weight excluding hydrogens is 179 g/mol. The molecule has 0 nitrogen and oxygen atoms in total. The maximum absolute atomic E-state index is 5.49. The van der Waals surface area contributed by atoms with Crippen LogP contribution < -0.4 is 0 Å². The Hall–Kier alpha value is 0.774. The molecule has 0 aromatic rings. The second kappa shape index (κ2) is 3.73. The summed E-state index contributed by atoms with van der Waals surface area (Å²) >= 11 is 11.0. The van der Waals surface area contributed by atoms with E-state index >= 15 is 0 Å². The van der Waals surface area contributed by atoms with E-state index in [0.717, 1.165) is 6.42 Å². The fourth-order valence-electron chi connectivity index (χ4n) is 0.404. The van der Waals surface area contributed by atoms with Crippen molar-refractivity contribution in [2.24, 2.45) is 0 Å². The minimum Gasteiger partial charge on any atom is -0.252 e. The van der Waals surface area contributed by atoms with Crippen molar-refractivity contribution in [3.05, 3.63) is 22.2 Å². The van der Waals surface area contributed by atoms with E-state index < -0.39 is 0 Å². The van der Waals surface area contributed by atoms with Crippen LogP contribution in [0.4, 0.5) is 0 Å². The van der Waals surface area contributed by atoms with Gasteiger partial charge in [0.1, 0.15) is 0 Å². The van der Waals surface area contributed by atoms with Gasteiger partial charge in [-0.1, -0.05) is 5.03 Å². The molecule has 0 aromatic carbocycles. The largest absolute Gasteiger partial charge is 0.252 e. The Labute approximate surface area is 73.4 Å². The van der Waals surface area contributed by atoms with Gasteiger partial charge in [-0.15, -0.1) is 23.1 Å². The van der Waals surface area contributed by atoms with Crippen molar-refractivity contribution in [2.75, 3.05) is 0 Å². The van der Waals surface area contributed by atoms with Gasteiger partial charge in [-0.05, 0) is 0 Å². The average Bonchev–Trinajstić information content (AvgIpc) is 1.91. The summed E-state index contributed by atoms with van der Waals surface area (Å²) < 4.78 is 0. The van der Waals surface area contributed by atoms with Crippen LogP contribution in [0.25, 0.3) is 0 Å². The molecular formula is C5H3Cl2Ti-. The summed E-state index contributed by atoms with van der Waals surface area (Å²) in [4.78, 5) is 0. The topological polar surface area (TPSA) is 0 Å². The first-order valence-corrected chi connectivity index (χ1v) is 2.68. The fourth-order valence-corrected chi connectivity index (χ4v) is 0.703. The minimum absolute atomic E-state index is 0. The van der Waals surface area contributed by atoms with Crippen molar-refractivity contribution in [1.29, 1.82) is 0 Å². The van der Waals surface area contributed by atoms with E-state index in [4.69, 9.17) is 23.2 Å². The van der Waals surface area contributed by atoms with Crippen LogP contribution in [0.5, 0.6) is 0 Å². The van der Waals surface area contributed by atoms with E-state index in [1.807, 2.05) is 6.08 Å². The van der Waals surface area contributed by atoms with Crippen LogP contribution in [0.2, 0.25) is 0 Å². The van der Waals surface area contributed by atoms with Gasteiger partial charge in [-0.2, -0.15) is 6.08 Å². The zero-order chi connectivity index (χ0) is 5.28. The van der Waals surface area contributed by atoms with Gasteiger partial charge in [0.05, 0.1) is 0 Å². The molecule has 0 aromatic heterocycles. The molecule has 0 saturated carbocycles. The summed E-state index contributed by atoms with van der Waals surface area (Å²) in [6.45, 7) is 0. The Morgan fingerprint density at radius 1 is 1.50 bits per heavy atom. The van der Waals surface area contributed by atoms with Gasteiger partial charge >= 0.3 is 0 Å². The molecule has 0 radical (unpaired) electrons. The summed E-state index contributed by atoms with van der Waals surface area (Å²) in [5.41, 5.74) is 0. The van der Waals surface area contributed by atoms with E-state index in [-0.39, 0.29) is 21.7 Å². The molecule has 42 valence electrons. The van der Waals surface area contributed by atoms with Gasteiger partial charge in [0, 0.05) is 21.7 Å². The van der Waals surface area contributed by atoms with E-state index in [1.165, 1.54) is 0 Å². The Bertz CT molecular complexity index is 121. The smallest absolute Gasteiger partial charge is 0 e. The van der Waals surface area contributed by atoms with Crippen LogP contribution in [0.1, 0.15) is 6.42 Å².